The Kier molecular flexibility index (Phi) is 3.95. The smallest absolute Gasteiger partial charge is 0.271 e. The number of non-ortho nitro benzene ring substituents is 1. The van der Waals surface area contributed by atoms with E-state index in [9.17, 15) is 10.1 Å². The molecule has 0 bridgehead atoms. The van der Waals surface area contributed by atoms with Crippen molar-refractivity contribution in [2.75, 3.05) is 5.32 Å². The minimum atomic E-state index is -0.433. The monoisotopic (exact) mass is 324 g/mol. The zero-order chi connectivity index (χ0) is 17.3. The molecule has 1 N–H and O–H groups in total. The lowest BCUT2D eigenvalue weighted by molar-refractivity contribution is -0.384. The Labute approximate surface area is 138 Å². The molecule has 24 heavy (non-hydrogen) atoms. The Morgan fingerprint density at radius 2 is 1.88 bits per heavy atom. The van der Waals surface area contributed by atoms with Gasteiger partial charge in [-0.1, -0.05) is 6.07 Å². The molecule has 1 aromatic carbocycles. The Balaban J connectivity index is 1.96. The molecule has 3 aromatic rings. The van der Waals surface area contributed by atoms with Gasteiger partial charge in [-0.25, -0.2) is 9.67 Å². The summed E-state index contributed by atoms with van der Waals surface area (Å²) in [5.41, 5.74) is 3.18. The molecule has 0 unspecified atom stereocenters. The maximum Gasteiger partial charge on any atom is 0.271 e. The molecule has 8 nitrogen and oxygen atoms in total. The summed E-state index contributed by atoms with van der Waals surface area (Å²) in [6.07, 6.45) is 0. The van der Waals surface area contributed by atoms with Crippen LogP contribution in [0.1, 0.15) is 17.1 Å². The van der Waals surface area contributed by atoms with E-state index >= 15 is 0 Å². The molecular weight excluding hydrogens is 308 g/mol. The second-order valence-electron chi connectivity index (χ2n) is 5.47. The number of aromatic nitrogens is 4. The van der Waals surface area contributed by atoms with Crippen LogP contribution in [0, 0.1) is 30.9 Å². The predicted molar refractivity (Wildman–Crippen MR) is 89.7 cm³/mol. The summed E-state index contributed by atoms with van der Waals surface area (Å²) in [4.78, 5) is 19.3. The molecule has 0 saturated heterocycles. The van der Waals surface area contributed by atoms with Crippen LogP contribution < -0.4 is 5.32 Å². The van der Waals surface area contributed by atoms with Gasteiger partial charge in [-0.05, 0) is 32.9 Å². The van der Waals surface area contributed by atoms with Crippen molar-refractivity contribution in [1.82, 2.24) is 19.7 Å². The molecule has 2 heterocycles. The first-order valence-electron chi connectivity index (χ1n) is 7.33. The van der Waals surface area contributed by atoms with Gasteiger partial charge in [-0.2, -0.15) is 10.1 Å². The third-order valence-corrected chi connectivity index (χ3v) is 3.37. The van der Waals surface area contributed by atoms with E-state index in [0.717, 1.165) is 17.1 Å². The van der Waals surface area contributed by atoms with Gasteiger partial charge in [-0.3, -0.25) is 10.1 Å². The fourth-order valence-electron chi connectivity index (χ4n) is 2.39. The van der Waals surface area contributed by atoms with Crippen LogP contribution in [0.15, 0.2) is 36.4 Å². The fourth-order valence-corrected chi connectivity index (χ4v) is 2.39. The van der Waals surface area contributed by atoms with E-state index in [2.05, 4.69) is 20.4 Å². The van der Waals surface area contributed by atoms with E-state index in [1.807, 2.05) is 26.8 Å². The van der Waals surface area contributed by atoms with Crippen LogP contribution in [0.25, 0.3) is 5.95 Å². The molecule has 0 aliphatic rings. The van der Waals surface area contributed by atoms with Crippen LogP contribution in [0.2, 0.25) is 0 Å². The Bertz CT molecular complexity index is 919. The number of aryl methyl sites for hydroxylation is 3. The van der Waals surface area contributed by atoms with E-state index < -0.39 is 4.92 Å². The van der Waals surface area contributed by atoms with Gasteiger partial charge in [0.2, 0.25) is 0 Å². The zero-order valence-electron chi connectivity index (χ0n) is 13.5. The normalized spacial score (nSPS) is 10.6. The third-order valence-electron chi connectivity index (χ3n) is 3.37. The van der Waals surface area contributed by atoms with Gasteiger partial charge in [0.25, 0.3) is 11.6 Å². The van der Waals surface area contributed by atoms with Crippen molar-refractivity contribution in [1.29, 1.82) is 0 Å². The molecule has 0 radical (unpaired) electrons. The molecule has 0 fully saturated rings. The van der Waals surface area contributed by atoms with Gasteiger partial charge in [0, 0.05) is 35.3 Å². The Hall–Kier alpha value is -3.29. The molecule has 0 spiro atoms. The van der Waals surface area contributed by atoms with Crippen molar-refractivity contribution in [2.24, 2.45) is 0 Å². The van der Waals surface area contributed by atoms with Crippen LogP contribution in [0.3, 0.4) is 0 Å². The summed E-state index contributed by atoms with van der Waals surface area (Å²) in [6, 6.07) is 9.98. The predicted octanol–water partition coefficient (Wildman–Crippen LogP) is 3.24. The maximum atomic E-state index is 10.9. The van der Waals surface area contributed by atoms with Crippen molar-refractivity contribution in [3.8, 4) is 5.95 Å². The summed E-state index contributed by atoms with van der Waals surface area (Å²) >= 11 is 0. The van der Waals surface area contributed by atoms with Crippen molar-refractivity contribution in [2.45, 2.75) is 20.8 Å². The topological polar surface area (TPSA) is 98.8 Å². The highest BCUT2D eigenvalue weighted by Gasteiger charge is 2.10. The maximum absolute atomic E-state index is 10.9. The van der Waals surface area contributed by atoms with Crippen LogP contribution >= 0.6 is 0 Å². The number of rotatable bonds is 4. The van der Waals surface area contributed by atoms with Crippen LogP contribution in [0.5, 0.6) is 0 Å². The van der Waals surface area contributed by atoms with E-state index in [0.29, 0.717) is 17.5 Å². The Morgan fingerprint density at radius 1 is 1.08 bits per heavy atom. The minimum Gasteiger partial charge on any atom is -0.340 e. The van der Waals surface area contributed by atoms with E-state index in [-0.39, 0.29) is 5.69 Å². The molecule has 8 heteroatoms. The fraction of sp³-hybridized carbons (Fsp3) is 0.188. The van der Waals surface area contributed by atoms with E-state index in [1.165, 1.54) is 12.1 Å². The summed E-state index contributed by atoms with van der Waals surface area (Å²) in [5.74, 6) is 0.999. The van der Waals surface area contributed by atoms with Gasteiger partial charge in [0.05, 0.1) is 10.6 Å². The summed E-state index contributed by atoms with van der Waals surface area (Å²) < 4.78 is 1.67. The second-order valence-corrected chi connectivity index (χ2v) is 5.47. The number of hydrogen-bond acceptors (Lipinski definition) is 6. The third kappa shape index (κ3) is 3.22. The molecule has 0 aliphatic carbocycles. The van der Waals surface area contributed by atoms with Crippen LogP contribution in [-0.4, -0.2) is 24.7 Å². The number of nitro groups is 1. The minimum absolute atomic E-state index is 0.0181. The molecule has 0 atom stereocenters. The number of hydrogen-bond donors (Lipinski definition) is 1. The standard InChI is InChI=1S/C16H16N6O2/c1-10-8-15(18-13-5-4-6-14(9-13)22(23)24)19-16(17-10)21-12(3)7-11(2)20-21/h4-9H,1-3H3,(H,17,18,19). The average Bonchev–Trinajstić information content (AvgIpc) is 2.85. The highest BCUT2D eigenvalue weighted by molar-refractivity contribution is 5.60. The lowest BCUT2D eigenvalue weighted by atomic mass is 10.3. The van der Waals surface area contributed by atoms with E-state index in [4.69, 9.17) is 0 Å². The molecule has 2 aromatic heterocycles. The second kappa shape index (κ2) is 6.07. The first-order valence-corrected chi connectivity index (χ1v) is 7.33. The molecule has 3 rings (SSSR count). The lowest BCUT2D eigenvalue weighted by Gasteiger charge is -2.09. The van der Waals surface area contributed by atoms with Crippen molar-refractivity contribution < 1.29 is 4.92 Å². The van der Waals surface area contributed by atoms with Gasteiger partial charge in [0.15, 0.2) is 0 Å². The molecule has 0 amide bonds. The van der Waals surface area contributed by atoms with Gasteiger partial charge in [0.1, 0.15) is 5.82 Å². The SMILES string of the molecule is Cc1cc(Nc2cccc([N+](=O)[O-])c2)nc(-n2nc(C)cc2C)n1. The van der Waals surface area contributed by atoms with Crippen molar-refractivity contribution in [3.05, 3.63) is 63.6 Å². The van der Waals surface area contributed by atoms with E-state index in [1.54, 1.807) is 22.9 Å². The highest BCUT2D eigenvalue weighted by Crippen LogP contribution is 2.21. The number of anilines is 2. The quantitative estimate of drug-likeness (QED) is 0.584. The first kappa shape index (κ1) is 15.6. The Morgan fingerprint density at radius 3 is 2.54 bits per heavy atom. The number of nitrogens with one attached hydrogen (secondary N) is 1. The average molecular weight is 324 g/mol. The zero-order valence-corrected chi connectivity index (χ0v) is 13.5. The largest absolute Gasteiger partial charge is 0.340 e. The molecule has 0 saturated carbocycles. The number of nitro benzene ring substituents is 1. The van der Waals surface area contributed by atoms with Gasteiger partial charge >= 0.3 is 0 Å². The highest BCUT2D eigenvalue weighted by atomic mass is 16.6. The first-order chi connectivity index (χ1) is 11.4. The number of nitrogens with zero attached hydrogens (tertiary/aromatic N) is 5. The van der Waals surface area contributed by atoms with Crippen molar-refractivity contribution in [3.63, 3.8) is 0 Å². The summed E-state index contributed by atoms with van der Waals surface area (Å²) in [6.45, 7) is 5.69. The summed E-state index contributed by atoms with van der Waals surface area (Å²) in [7, 11) is 0. The molecule has 122 valence electrons. The van der Waals surface area contributed by atoms with Gasteiger partial charge < -0.3 is 5.32 Å². The molecular formula is C16H16N6O2. The van der Waals surface area contributed by atoms with Crippen molar-refractivity contribution >= 4 is 17.2 Å². The van der Waals surface area contributed by atoms with Gasteiger partial charge in [-0.15, -0.1) is 0 Å². The molecule has 0 aliphatic heterocycles. The summed E-state index contributed by atoms with van der Waals surface area (Å²) in [5, 5.41) is 18.3. The van der Waals surface area contributed by atoms with Crippen LogP contribution in [-0.2, 0) is 0 Å². The van der Waals surface area contributed by atoms with Crippen LogP contribution in [0.4, 0.5) is 17.2 Å². The number of benzene rings is 1. The lowest BCUT2D eigenvalue weighted by Crippen LogP contribution is -2.08.